The second-order valence-corrected chi connectivity index (χ2v) is 5.46. The molecule has 0 aliphatic carbocycles. The Bertz CT molecular complexity index is 804. The number of benzene rings is 2. The Morgan fingerprint density at radius 1 is 1.15 bits per heavy atom. The normalized spacial score (nSPS) is 11.8. The molecule has 2 aromatic rings. The largest absolute Gasteiger partial charge is 0.496 e. The van der Waals surface area contributed by atoms with Gasteiger partial charge in [-0.3, -0.25) is 4.79 Å². The van der Waals surface area contributed by atoms with Gasteiger partial charge in [-0.2, -0.15) is 0 Å². The summed E-state index contributed by atoms with van der Waals surface area (Å²) in [6, 6.07) is 13.3. The lowest BCUT2D eigenvalue weighted by Crippen LogP contribution is -2.35. The minimum Gasteiger partial charge on any atom is -0.496 e. The van der Waals surface area contributed by atoms with Crippen molar-refractivity contribution in [2.75, 3.05) is 7.11 Å². The number of rotatable bonds is 7. The highest BCUT2D eigenvalue weighted by atomic mass is 19.1. The van der Waals surface area contributed by atoms with Crippen LogP contribution in [0.4, 0.5) is 4.39 Å². The number of nitrogens with one attached hydrogen (secondary N) is 1. The number of hydrogen-bond donors (Lipinski definition) is 1. The summed E-state index contributed by atoms with van der Waals surface area (Å²) in [6.07, 6.45) is 1.40. The minimum atomic E-state index is -0.984. The molecule has 1 atom stereocenters. The number of hydrogen-bond acceptors (Lipinski definition) is 4. The number of esters is 1. The van der Waals surface area contributed by atoms with Gasteiger partial charge in [0, 0.05) is 23.7 Å². The number of methoxy groups -OCH3 is 1. The van der Waals surface area contributed by atoms with Crippen molar-refractivity contribution < 1.29 is 23.5 Å². The van der Waals surface area contributed by atoms with E-state index in [1.54, 1.807) is 25.3 Å². The van der Waals surface area contributed by atoms with E-state index in [2.05, 4.69) is 5.32 Å². The number of amides is 1. The summed E-state index contributed by atoms with van der Waals surface area (Å²) in [7, 11) is 1.55. The third-order valence-electron chi connectivity index (χ3n) is 3.61. The number of carbonyl (C=O) groups is 2. The van der Waals surface area contributed by atoms with Crippen molar-refractivity contribution >= 4 is 18.0 Å². The van der Waals surface area contributed by atoms with Gasteiger partial charge in [0.05, 0.1) is 7.11 Å². The van der Waals surface area contributed by atoms with Crippen molar-refractivity contribution in [3.05, 3.63) is 71.6 Å². The summed E-state index contributed by atoms with van der Waals surface area (Å²) in [5.74, 6) is -0.957. The molecule has 1 N–H and O–H groups in total. The Morgan fingerprint density at radius 3 is 2.58 bits per heavy atom. The van der Waals surface area contributed by atoms with Gasteiger partial charge in [-0.25, -0.2) is 9.18 Å². The summed E-state index contributed by atoms with van der Waals surface area (Å²) in [4.78, 5) is 23.9. The van der Waals surface area contributed by atoms with Crippen molar-refractivity contribution in [2.24, 2.45) is 0 Å². The summed E-state index contributed by atoms with van der Waals surface area (Å²) in [5, 5.41) is 2.68. The third kappa shape index (κ3) is 5.44. The Balaban J connectivity index is 1.86. The molecule has 2 aromatic carbocycles. The maximum atomic E-state index is 13.5. The van der Waals surface area contributed by atoms with E-state index in [4.69, 9.17) is 9.47 Å². The average molecular weight is 357 g/mol. The Hall–Kier alpha value is -3.15. The standard InChI is InChI=1S/C20H20FNO4/c1-14(20(24)22-13-16-8-4-6-10-18(16)25-2)26-19(23)12-11-15-7-3-5-9-17(15)21/h3-12,14H,13H2,1-2H3,(H,22,24)/b12-11+/t14-/m1/s1. The van der Waals surface area contributed by atoms with E-state index in [9.17, 15) is 14.0 Å². The van der Waals surface area contributed by atoms with Gasteiger partial charge < -0.3 is 14.8 Å². The minimum absolute atomic E-state index is 0.246. The predicted octanol–water partition coefficient (Wildman–Crippen LogP) is 3.10. The quantitative estimate of drug-likeness (QED) is 0.611. The van der Waals surface area contributed by atoms with Crippen molar-refractivity contribution in [3.63, 3.8) is 0 Å². The zero-order valence-corrected chi connectivity index (χ0v) is 14.6. The smallest absolute Gasteiger partial charge is 0.331 e. The van der Waals surface area contributed by atoms with Crippen LogP contribution in [0.1, 0.15) is 18.1 Å². The highest BCUT2D eigenvalue weighted by Gasteiger charge is 2.16. The first-order valence-corrected chi connectivity index (χ1v) is 8.04. The van der Waals surface area contributed by atoms with Crippen molar-refractivity contribution in [2.45, 2.75) is 19.6 Å². The van der Waals surface area contributed by atoms with E-state index < -0.39 is 23.8 Å². The van der Waals surface area contributed by atoms with E-state index in [1.165, 1.54) is 25.1 Å². The van der Waals surface area contributed by atoms with Gasteiger partial charge in [0.1, 0.15) is 11.6 Å². The van der Waals surface area contributed by atoms with Gasteiger partial charge in [0.25, 0.3) is 5.91 Å². The molecular weight excluding hydrogens is 337 g/mol. The molecule has 0 saturated heterocycles. The first kappa shape index (κ1) is 19.2. The van der Waals surface area contributed by atoms with Crippen LogP contribution in [0.5, 0.6) is 5.75 Å². The lowest BCUT2D eigenvalue weighted by atomic mass is 10.2. The van der Waals surface area contributed by atoms with E-state index in [0.717, 1.165) is 11.6 Å². The zero-order chi connectivity index (χ0) is 18.9. The molecule has 0 fully saturated rings. The fourth-order valence-corrected chi connectivity index (χ4v) is 2.21. The van der Waals surface area contributed by atoms with Crippen LogP contribution in [0, 0.1) is 5.82 Å². The van der Waals surface area contributed by atoms with Gasteiger partial charge in [-0.05, 0) is 25.1 Å². The maximum absolute atomic E-state index is 13.5. The zero-order valence-electron chi connectivity index (χ0n) is 14.6. The molecule has 0 aliphatic heterocycles. The maximum Gasteiger partial charge on any atom is 0.331 e. The lowest BCUT2D eigenvalue weighted by Gasteiger charge is -2.13. The van der Waals surface area contributed by atoms with Gasteiger partial charge in [-0.1, -0.05) is 36.4 Å². The number of ether oxygens (including phenoxy) is 2. The Labute approximate surface area is 151 Å². The van der Waals surface area contributed by atoms with Gasteiger partial charge >= 0.3 is 5.97 Å². The number of para-hydroxylation sites is 1. The topological polar surface area (TPSA) is 64.6 Å². The SMILES string of the molecule is COc1ccccc1CNC(=O)[C@@H](C)OC(=O)/C=C/c1ccccc1F. The number of halogens is 1. The summed E-state index contributed by atoms with van der Waals surface area (Å²) >= 11 is 0. The van der Waals surface area contributed by atoms with E-state index in [-0.39, 0.29) is 12.1 Å². The monoisotopic (exact) mass is 357 g/mol. The van der Waals surface area contributed by atoms with Crippen LogP contribution in [0.3, 0.4) is 0 Å². The average Bonchev–Trinajstić information content (AvgIpc) is 2.65. The van der Waals surface area contributed by atoms with Crippen LogP contribution in [0.15, 0.2) is 54.6 Å². The summed E-state index contributed by atoms with van der Waals surface area (Å²) in [5.41, 5.74) is 1.07. The summed E-state index contributed by atoms with van der Waals surface area (Å²) in [6.45, 7) is 1.71. The third-order valence-corrected chi connectivity index (χ3v) is 3.61. The molecule has 0 heterocycles. The fourth-order valence-electron chi connectivity index (χ4n) is 2.21. The van der Waals surface area contributed by atoms with Crippen LogP contribution in [-0.4, -0.2) is 25.1 Å². The fraction of sp³-hybridized carbons (Fsp3) is 0.200. The van der Waals surface area contributed by atoms with Gasteiger partial charge in [0.2, 0.25) is 0 Å². The molecule has 0 bridgehead atoms. The molecule has 5 nitrogen and oxygen atoms in total. The summed E-state index contributed by atoms with van der Waals surface area (Å²) < 4.78 is 23.7. The molecule has 0 aliphatic rings. The molecule has 26 heavy (non-hydrogen) atoms. The predicted molar refractivity (Wildman–Crippen MR) is 95.8 cm³/mol. The Morgan fingerprint density at radius 2 is 1.85 bits per heavy atom. The molecule has 0 unspecified atom stereocenters. The Kier molecular flexibility index (Phi) is 6.91. The molecule has 136 valence electrons. The van der Waals surface area contributed by atoms with Crippen LogP contribution in [0.25, 0.3) is 6.08 Å². The van der Waals surface area contributed by atoms with Crippen LogP contribution >= 0.6 is 0 Å². The van der Waals surface area contributed by atoms with Crippen molar-refractivity contribution in [1.82, 2.24) is 5.32 Å². The molecule has 6 heteroatoms. The second kappa shape index (κ2) is 9.36. The molecule has 0 spiro atoms. The van der Waals surface area contributed by atoms with E-state index in [1.807, 2.05) is 18.2 Å². The van der Waals surface area contributed by atoms with E-state index in [0.29, 0.717) is 5.75 Å². The van der Waals surface area contributed by atoms with Gasteiger partial charge in [0.15, 0.2) is 6.10 Å². The van der Waals surface area contributed by atoms with Gasteiger partial charge in [-0.15, -0.1) is 0 Å². The molecule has 2 rings (SSSR count). The second-order valence-electron chi connectivity index (χ2n) is 5.46. The highest BCUT2D eigenvalue weighted by molar-refractivity contribution is 5.90. The van der Waals surface area contributed by atoms with Crippen LogP contribution in [-0.2, 0) is 20.9 Å². The van der Waals surface area contributed by atoms with E-state index >= 15 is 0 Å². The molecule has 0 aromatic heterocycles. The molecule has 1 amide bonds. The molecule has 0 radical (unpaired) electrons. The van der Waals surface area contributed by atoms with Crippen molar-refractivity contribution in [3.8, 4) is 5.75 Å². The first-order chi connectivity index (χ1) is 12.5. The number of carbonyl (C=O) groups excluding carboxylic acids is 2. The highest BCUT2D eigenvalue weighted by Crippen LogP contribution is 2.16. The molecular formula is C20H20FNO4. The lowest BCUT2D eigenvalue weighted by molar-refractivity contribution is -0.150. The first-order valence-electron chi connectivity index (χ1n) is 8.04. The molecule has 0 saturated carbocycles. The van der Waals surface area contributed by atoms with Crippen LogP contribution in [0.2, 0.25) is 0 Å². The van der Waals surface area contributed by atoms with Crippen molar-refractivity contribution in [1.29, 1.82) is 0 Å². The van der Waals surface area contributed by atoms with Crippen LogP contribution < -0.4 is 10.1 Å².